The summed E-state index contributed by atoms with van der Waals surface area (Å²) in [7, 11) is 0. The Morgan fingerprint density at radius 1 is 1.08 bits per heavy atom. The fourth-order valence-corrected chi connectivity index (χ4v) is 5.17. The van der Waals surface area contributed by atoms with Gasteiger partial charge in [0.25, 0.3) is 5.91 Å². The maximum Gasteiger partial charge on any atom is 0.255 e. The number of likely N-dealkylation sites (tertiary alicyclic amines) is 1. The number of amides is 1. The summed E-state index contributed by atoms with van der Waals surface area (Å²) in [4.78, 5) is 28.8. The minimum absolute atomic E-state index is 0.128. The smallest absolute Gasteiger partial charge is 0.255 e. The van der Waals surface area contributed by atoms with Gasteiger partial charge in [-0.2, -0.15) is 0 Å². The van der Waals surface area contributed by atoms with Crippen LogP contribution in [0.1, 0.15) is 54.1 Å². The topological polar surface area (TPSA) is 83.0 Å². The highest BCUT2D eigenvalue weighted by atomic mass is 16.1. The molecule has 5 rings (SSSR count). The molecule has 200 valence electrons. The Kier molecular flexibility index (Phi) is 8.27. The first-order chi connectivity index (χ1) is 18.9. The van der Waals surface area contributed by atoms with E-state index in [1.165, 1.54) is 24.9 Å². The molecule has 0 saturated carbocycles. The molecule has 0 bridgehead atoms. The van der Waals surface area contributed by atoms with E-state index >= 15 is 0 Å². The number of hydrogen-bond donors (Lipinski definition) is 2. The van der Waals surface area contributed by atoms with Crippen molar-refractivity contribution in [3.8, 4) is 11.3 Å². The minimum Gasteiger partial charge on any atom is -0.324 e. The Labute approximate surface area is 230 Å². The lowest BCUT2D eigenvalue weighted by atomic mass is 9.89. The molecular formula is C32H36N6O. The Morgan fingerprint density at radius 3 is 2.69 bits per heavy atom. The standard InChI is InChI=1S/C32H36N6O/c1-22(2)20-38-17-5-7-27(21-38)24-9-11-25(12-10-24)31(39)35-28-13-8-23(3)30(18-28)37-32-34-16-14-29(36-32)26-6-4-15-33-19-26/h4,6,8-16,18-19,22,27H,5,7,17,20-21H2,1-3H3,(H,35,39)(H,34,36,37). The molecule has 1 fully saturated rings. The molecule has 0 aliphatic carbocycles. The van der Waals surface area contributed by atoms with E-state index in [2.05, 4.69) is 56.5 Å². The Bertz CT molecular complexity index is 1400. The number of carbonyl (C=O) groups excluding carboxylic acids is 1. The van der Waals surface area contributed by atoms with Crippen molar-refractivity contribution < 1.29 is 4.79 Å². The molecule has 0 radical (unpaired) electrons. The van der Waals surface area contributed by atoms with Gasteiger partial charge >= 0.3 is 0 Å². The molecule has 1 atom stereocenters. The molecule has 2 aromatic carbocycles. The van der Waals surface area contributed by atoms with E-state index < -0.39 is 0 Å². The number of aryl methyl sites for hydroxylation is 1. The van der Waals surface area contributed by atoms with Crippen molar-refractivity contribution in [2.45, 2.75) is 39.5 Å². The molecule has 39 heavy (non-hydrogen) atoms. The van der Waals surface area contributed by atoms with Gasteiger partial charge in [-0.25, -0.2) is 9.97 Å². The van der Waals surface area contributed by atoms with Gasteiger partial charge in [0.05, 0.1) is 5.69 Å². The second-order valence-corrected chi connectivity index (χ2v) is 10.7. The number of carbonyl (C=O) groups is 1. The van der Waals surface area contributed by atoms with Gasteiger partial charge < -0.3 is 15.5 Å². The largest absolute Gasteiger partial charge is 0.324 e. The maximum absolute atomic E-state index is 13.1. The summed E-state index contributed by atoms with van der Waals surface area (Å²) in [6, 6.07) is 19.6. The number of piperidine rings is 1. The number of benzene rings is 2. The predicted molar refractivity (Wildman–Crippen MR) is 157 cm³/mol. The highest BCUT2D eigenvalue weighted by Gasteiger charge is 2.22. The lowest BCUT2D eigenvalue weighted by molar-refractivity contribution is 0.102. The van der Waals surface area contributed by atoms with Crippen molar-refractivity contribution in [2.24, 2.45) is 5.92 Å². The monoisotopic (exact) mass is 520 g/mol. The Morgan fingerprint density at radius 2 is 1.92 bits per heavy atom. The van der Waals surface area contributed by atoms with Crippen molar-refractivity contribution >= 4 is 23.2 Å². The average Bonchev–Trinajstić information content (AvgIpc) is 2.95. The summed E-state index contributed by atoms with van der Waals surface area (Å²) in [6.45, 7) is 9.98. The third kappa shape index (κ3) is 6.86. The summed E-state index contributed by atoms with van der Waals surface area (Å²) in [5.41, 5.74) is 6.22. The van der Waals surface area contributed by atoms with Crippen molar-refractivity contribution in [3.05, 3.63) is 95.9 Å². The summed E-state index contributed by atoms with van der Waals surface area (Å²) in [5.74, 6) is 1.56. The van der Waals surface area contributed by atoms with Crippen LogP contribution in [0.4, 0.5) is 17.3 Å². The summed E-state index contributed by atoms with van der Waals surface area (Å²) in [5, 5.41) is 6.34. The van der Waals surface area contributed by atoms with Gasteiger partial charge in [0.2, 0.25) is 5.95 Å². The molecule has 4 aromatic rings. The SMILES string of the molecule is Cc1ccc(NC(=O)c2ccc(C3CCCN(CC(C)C)C3)cc2)cc1Nc1nccc(-c2cccnc2)n1. The first-order valence-electron chi connectivity index (χ1n) is 13.7. The van der Waals surface area contributed by atoms with Crippen LogP contribution in [-0.4, -0.2) is 45.4 Å². The van der Waals surface area contributed by atoms with Crippen LogP contribution in [0.25, 0.3) is 11.3 Å². The zero-order chi connectivity index (χ0) is 27.2. The van der Waals surface area contributed by atoms with E-state index in [0.29, 0.717) is 29.0 Å². The number of nitrogens with one attached hydrogen (secondary N) is 2. The molecule has 7 heteroatoms. The molecule has 1 unspecified atom stereocenters. The molecule has 1 aliphatic heterocycles. The van der Waals surface area contributed by atoms with Crippen LogP contribution < -0.4 is 10.6 Å². The number of anilines is 3. The molecule has 1 amide bonds. The molecule has 2 N–H and O–H groups in total. The van der Waals surface area contributed by atoms with Crippen LogP contribution in [-0.2, 0) is 0 Å². The molecular weight excluding hydrogens is 484 g/mol. The van der Waals surface area contributed by atoms with Crippen LogP contribution in [0.15, 0.2) is 79.3 Å². The van der Waals surface area contributed by atoms with E-state index in [9.17, 15) is 4.79 Å². The lowest BCUT2D eigenvalue weighted by Gasteiger charge is -2.34. The van der Waals surface area contributed by atoms with Gasteiger partial charge in [0, 0.05) is 54.2 Å². The van der Waals surface area contributed by atoms with E-state index in [1.54, 1.807) is 18.6 Å². The van der Waals surface area contributed by atoms with Crippen LogP contribution >= 0.6 is 0 Å². The highest BCUT2D eigenvalue weighted by Crippen LogP contribution is 2.28. The second-order valence-electron chi connectivity index (χ2n) is 10.7. The number of aromatic nitrogens is 3. The molecule has 3 heterocycles. The zero-order valence-electron chi connectivity index (χ0n) is 22.9. The fraction of sp³-hybridized carbons (Fsp3) is 0.312. The van der Waals surface area contributed by atoms with E-state index in [-0.39, 0.29) is 5.91 Å². The van der Waals surface area contributed by atoms with E-state index in [0.717, 1.165) is 35.6 Å². The van der Waals surface area contributed by atoms with Gasteiger partial charge in [0.1, 0.15) is 0 Å². The molecule has 1 saturated heterocycles. The van der Waals surface area contributed by atoms with Crippen LogP contribution in [0.3, 0.4) is 0 Å². The summed E-state index contributed by atoms with van der Waals surface area (Å²) < 4.78 is 0. The van der Waals surface area contributed by atoms with Crippen LogP contribution in [0, 0.1) is 12.8 Å². The first-order valence-corrected chi connectivity index (χ1v) is 13.7. The first kappa shape index (κ1) is 26.5. The Balaban J connectivity index is 1.24. The quantitative estimate of drug-likeness (QED) is 0.270. The molecule has 7 nitrogen and oxygen atoms in total. The average molecular weight is 521 g/mol. The predicted octanol–water partition coefficient (Wildman–Crippen LogP) is 6.68. The fourth-order valence-electron chi connectivity index (χ4n) is 5.17. The number of pyridine rings is 1. The van der Waals surface area contributed by atoms with E-state index in [4.69, 9.17) is 0 Å². The van der Waals surface area contributed by atoms with Crippen molar-refractivity contribution in [3.63, 3.8) is 0 Å². The number of rotatable bonds is 8. The normalized spacial score (nSPS) is 15.7. The van der Waals surface area contributed by atoms with Crippen LogP contribution in [0.2, 0.25) is 0 Å². The molecule has 0 spiro atoms. The zero-order valence-corrected chi connectivity index (χ0v) is 22.9. The third-order valence-electron chi connectivity index (χ3n) is 7.13. The van der Waals surface area contributed by atoms with Gasteiger partial charge in [-0.1, -0.05) is 32.0 Å². The highest BCUT2D eigenvalue weighted by molar-refractivity contribution is 6.04. The van der Waals surface area contributed by atoms with Gasteiger partial charge in [0.15, 0.2) is 0 Å². The van der Waals surface area contributed by atoms with Gasteiger partial charge in [-0.05, 0) is 91.7 Å². The summed E-state index contributed by atoms with van der Waals surface area (Å²) in [6.07, 6.45) is 7.66. The van der Waals surface area contributed by atoms with Crippen LogP contribution in [0.5, 0.6) is 0 Å². The second kappa shape index (κ2) is 12.2. The Hall–Kier alpha value is -4.10. The van der Waals surface area contributed by atoms with Gasteiger partial charge in [-0.3, -0.25) is 9.78 Å². The van der Waals surface area contributed by atoms with E-state index in [1.807, 2.05) is 55.5 Å². The minimum atomic E-state index is -0.128. The third-order valence-corrected chi connectivity index (χ3v) is 7.13. The van der Waals surface area contributed by atoms with Gasteiger partial charge in [-0.15, -0.1) is 0 Å². The molecule has 2 aromatic heterocycles. The van der Waals surface area contributed by atoms with Crippen molar-refractivity contribution in [1.29, 1.82) is 0 Å². The number of nitrogens with zero attached hydrogens (tertiary/aromatic N) is 4. The van der Waals surface area contributed by atoms with Crippen molar-refractivity contribution in [2.75, 3.05) is 30.3 Å². The van der Waals surface area contributed by atoms with Crippen molar-refractivity contribution in [1.82, 2.24) is 19.9 Å². The summed E-state index contributed by atoms with van der Waals surface area (Å²) >= 11 is 0. The lowest BCUT2D eigenvalue weighted by Crippen LogP contribution is -2.36. The molecule has 1 aliphatic rings. The maximum atomic E-state index is 13.1. The number of hydrogen-bond acceptors (Lipinski definition) is 6.